The maximum atomic E-state index is 11.2. The summed E-state index contributed by atoms with van der Waals surface area (Å²) in [7, 11) is 0. The minimum absolute atomic E-state index is 0.114. The van der Waals surface area contributed by atoms with E-state index in [1.54, 1.807) is 17.7 Å². The first-order chi connectivity index (χ1) is 11.7. The largest absolute Gasteiger partial charge is 0.494 e. The van der Waals surface area contributed by atoms with Gasteiger partial charge in [0.1, 0.15) is 12.1 Å². The first kappa shape index (κ1) is 16.7. The zero-order valence-corrected chi connectivity index (χ0v) is 14.8. The fourth-order valence-corrected chi connectivity index (χ4v) is 3.75. The van der Waals surface area contributed by atoms with E-state index >= 15 is 0 Å². The summed E-state index contributed by atoms with van der Waals surface area (Å²) in [5.41, 5.74) is 2.29. The average molecular weight is 347 g/mol. The third-order valence-electron chi connectivity index (χ3n) is 3.80. The molecule has 24 heavy (non-hydrogen) atoms. The lowest BCUT2D eigenvalue weighted by atomic mass is 10.2. The average Bonchev–Trinajstić information content (AvgIpc) is 3.11. The van der Waals surface area contributed by atoms with Crippen LogP contribution in [0.4, 0.5) is 0 Å². The molecule has 0 aliphatic rings. The third-order valence-corrected chi connectivity index (χ3v) is 4.79. The van der Waals surface area contributed by atoms with Crippen LogP contribution in [0.5, 0.6) is 5.75 Å². The normalized spacial score (nSPS) is 11.2. The predicted octanol–water partition coefficient (Wildman–Crippen LogP) is 3.75. The molecule has 128 valence electrons. The van der Waals surface area contributed by atoms with E-state index in [4.69, 9.17) is 9.47 Å². The molecule has 0 amide bonds. The van der Waals surface area contributed by atoms with Gasteiger partial charge in [0.2, 0.25) is 4.96 Å². The first-order valence-corrected chi connectivity index (χ1v) is 9.02. The van der Waals surface area contributed by atoms with Gasteiger partial charge in [0.05, 0.1) is 23.4 Å². The Balaban J connectivity index is 1.51. The third kappa shape index (κ3) is 3.67. The number of aryl methyl sites for hydroxylation is 1. The minimum atomic E-state index is -0.114. The van der Waals surface area contributed by atoms with Crippen molar-refractivity contribution in [2.45, 2.75) is 39.5 Å². The summed E-state index contributed by atoms with van der Waals surface area (Å²) >= 11 is 1.61. The molecule has 2 heterocycles. The summed E-state index contributed by atoms with van der Waals surface area (Å²) < 4.78 is 13.9. The second kappa shape index (κ2) is 7.61. The molecule has 7 heteroatoms. The maximum Gasteiger partial charge on any atom is 0.305 e. The molecule has 0 spiro atoms. The Labute approximate surface area is 144 Å². The number of hydrogen-bond donors (Lipinski definition) is 0. The van der Waals surface area contributed by atoms with Crippen LogP contribution in [0.3, 0.4) is 0 Å². The fraction of sp³-hybridized carbons (Fsp3) is 0.471. The molecule has 3 aromatic rings. The van der Waals surface area contributed by atoms with E-state index < -0.39 is 0 Å². The molecule has 0 N–H and O–H groups in total. The standard InChI is InChI=1S/C17H21N3O3S/c1-3-22-15(21)7-5-4-6-8-23-13-9-12(2)16-14(10-13)24-17-19-18-11-20(16)17/h9-11H,3-8H2,1-2H3. The van der Waals surface area contributed by atoms with Crippen molar-refractivity contribution in [2.24, 2.45) is 0 Å². The van der Waals surface area contributed by atoms with Crippen molar-refractivity contribution in [1.29, 1.82) is 0 Å². The highest BCUT2D eigenvalue weighted by molar-refractivity contribution is 7.23. The Morgan fingerprint density at radius 3 is 3.00 bits per heavy atom. The molecule has 0 atom stereocenters. The molecule has 0 aliphatic heterocycles. The lowest BCUT2D eigenvalue weighted by molar-refractivity contribution is -0.143. The van der Waals surface area contributed by atoms with Crippen LogP contribution in [0.15, 0.2) is 18.5 Å². The second-order valence-electron chi connectivity index (χ2n) is 5.64. The topological polar surface area (TPSA) is 65.7 Å². The number of aromatic nitrogens is 3. The van der Waals surface area contributed by atoms with E-state index in [9.17, 15) is 4.79 Å². The molecule has 0 bridgehead atoms. The van der Waals surface area contributed by atoms with E-state index in [-0.39, 0.29) is 5.97 Å². The van der Waals surface area contributed by atoms with Gasteiger partial charge in [-0.2, -0.15) is 0 Å². The number of benzene rings is 1. The number of hydrogen-bond acceptors (Lipinski definition) is 6. The molecule has 0 aliphatic carbocycles. The number of esters is 1. The van der Waals surface area contributed by atoms with Crippen molar-refractivity contribution >= 4 is 32.5 Å². The molecular formula is C17H21N3O3S. The number of carbonyl (C=O) groups is 1. The number of rotatable bonds is 8. The van der Waals surface area contributed by atoms with Gasteiger partial charge in [-0.05, 0) is 50.8 Å². The van der Waals surface area contributed by atoms with Crippen LogP contribution >= 0.6 is 11.3 Å². The summed E-state index contributed by atoms with van der Waals surface area (Å²) in [5.74, 6) is 0.763. The molecule has 3 rings (SSSR count). The maximum absolute atomic E-state index is 11.2. The monoisotopic (exact) mass is 347 g/mol. The van der Waals surface area contributed by atoms with Gasteiger partial charge in [-0.25, -0.2) is 0 Å². The number of fused-ring (bicyclic) bond motifs is 3. The van der Waals surface area contributed by atoms with Gasteiger partial charge < -0.3 is 9.47 Å². The van der Waals surface area contributed by atoms with Crippen LogP contribution in [0.25, 0.3) is 15.2 Å². The molecule has 6 nitrogen and oxygen atoms in total. The van der Waals surface area contributed by atoms with Crippen molar-refractivity contribution in [1.82, 2.24) is 14.6 Å². The minimum Gasteiger partial charge on any atom is -0.494 e. The number of ether oxygens (including phenoxy) is 2. The Morgan fingerprint density at radius 2 is 2.17 bits per heavy atom. The van der Waals surface area contributed by atoms with E-state index in [1.807, 2.05) is 17.4 Å². The summed E-state index contributed by atoms with van der Waals surface area (Å²) in [6, 6.07) is 4.10. The summed E-state index contributed by atoms with van der Waals surface area (Å²) in [6.45, 7) is 5.00. The van der Waals surface area contributed by atoms with Gasteiger partial charge in [-0.1, -0.05) is 11.3 Å². The zero-order chi connectivity index (χ0) is 16.9. The molecule has 0 saturated heterocycles. The lowest BCUT2D eigenvalue weighted by Gasteiger charge is -2.08. The Bertz CT molecular complexity index is 840. The molecule has 0 fully saturated rings. The van der Waals surface area contributed by atoms with Crippen LogP contribution in [-0.4, -0.2) is 33.8 Å². The number of thiazole rings is 1. The van der Waals surface area contributed by atoms with Crippen molar-refractivity contribution < 1.29 is 14.3 Å². The lowest BCUT2D eigenvalue weighted by Crippen LogP contribution is -2.04. The van der Waals surface area contributed by atoms with Crippen LogP contribution in [-0.2, 0) is 9.53 Å². The number of carbonyl (C=O) groups excluding carboxylic acids is 1. The Kier molecular flexibility index (Phi) is 5.30. The first-order valence-electron chi connectivity index (χ1n) is 8.20. The van der Waals surface area contributed by atoms with E-state index in [0.29, 0.717) is 19.6 Å². The van der Waals surface area contributed by atoms with Crippen molar-refractivity contribution in [3.63, 3.8) is 0 Å². The SMILES string of the molecule is CCOC(=O)CCCCCOc1cc(C)c2c(c1)sc1nncn12. The Hall–Kier alpha value is -2.15. The number of nitrogens with zero attached hydrogens (tertiary/aromatic N) is 3. The molecule has 1 aromatic carbocycles. The smallest absolute Gasteiger partial charge is 0.305 e. The van der Waals surface area contributed by atoms with Crippen LogP contribution in [0, 0.1) is 6.92 Å². The van der Waals surface area contributed by atoms with Crippen molar-refractivity contribution in [3.05, 3.63) is 24.0 Å². The van der Waals surface area contributed by atoms with Gasteiger partial charge in [0.25, 0.3) is 0 Å². The summed E-state index contributed by atoms with van der Waals surface area (Å²) in [5, 5.41) is 8.04. The van der Waals surface area contributed by atoms with Gasteiger partial charge in [0, 0.05) is 6.42 Å². The van der Waals surface area contributed by atoms with E-state index in [1.165, 1.54) is 0 Å². The number of unbranched alkanes of at least 4 members (excludes halogenated alkanes) is 2. The van der Waals surface area contributed by atoms with Gasteiger partial charge in [-0.3, -0.25) is 9.20 Å². The molecule has 2 aromatic heterocycles. The van der Waals surface area contributed by atoms with E-state index in [2.05, 4.69) is 23.2 Å². The van der Waals surface area contributed by atoms with E-state index in [0.717, 1.165) is 45.8 Å². The Morgan fingerprint density at radius 1 is 1.29 bits per heavy atom. The van der Waals surface area contributed by atoms with Gasteiger partial charge in [-0.15, -0.1) is 10.2 Å². The van der Waals surface area contributed by atoms with Crippen LogP contribution in [0.2, 0.25) is 0 Å². The molecule has 0 unspecified atom stereocenters. The molecular weight excluding hydrogens is 326 g/mol. The highest BCUT2D eigenvalue weighted by Gasteiger charge is 2.10. The highest BCUT2D eigenvalue weighted by atomic mass is 32.1. The predicted molar refractivity (Wildman–Crippen MR) is 93.7 cm³/mol. The van der Waals surface area contributed by atoms with Gasteiger partial charge >= 0.3 is 5.97 Å². The molecule has 0 radical (unpaired) electrons. The quantitative estimate of drug-likeness (QED) is 0.458. The molecule has 0 saturated carbocycles. The zero-order valence-electron chi connectivity index (χ0n) is 13.9. The summed E-state index contributed by atoms with van der Waals surface area (Å²) in [6.07, 6.45) is 4.95. The fourth-order valence-electron chi connectivity index (χ4n) is 2.70. The van der Waals surface area contributed by atoms with Gasteiger partial charge in [0.15, 0.2) is 0 Å². The second-order valence-corrected chi connectivity index (χ2v) is 6.65. The van der Waals surface area contributed by atoms with Crippen LogP contribution < -0.4 is 4.74 Å². The van der Waals surface area contributed by atoms with Crippen molar-refractivity contribution in [3.8, 4) is 5.75 Å². The van der Waals surface area contributed by atoms with Crippen LogP contribution in [0.1, 0.15) is 38.2 Å². The highest BCUT2D eigenvalue weighted by Crippen LogP contribution is 2.31. The van der Waals surface area contributed by atoms with Crippen molar-refractivity contribution in [2.75, 3.05) is 13.2 Å². The summed E-state index contributed by atoms with van der Waals surface area (Å²) in [4.78, 5) is 12.1.